The monoisotopic (exact) mass is 349 g/mol. The fourth-order valence-electron chi connectivity index (χ4n) is 3.27. The summed E-state index contributed by atoms with van der Waals surface area (Å²) < 4.78 is 26.7. The minimum Gasteiger partial charge on any atom is -0.357 e. The number of aromatic amines is 1. The van der Waals surface area contributed by atoms with Crippen molar-refractivity contribution in [2.24, 2.45) is 0 Å². The number of hydrogen-bond acceptors (Lipinski definition) is 3. The van der Waals surface area contributed by atoms with E-state index in [0.717, 1.165) is 42.4 Å². The summed E-state index contributed by atoms with van der Waals surface area (Å²) in [5, 5.41) is 0. The number of sulfonamides is 1. The van der Waals surface area contributed by atoms with Gasteiger partial charge in [-0.05, 0) is 77.5 Å². The fraction of sp³-hybridized carbons (Fsp3) is 0.611. The van der Waals surface area contributed by atoms with Crippen LogP contribution in [0, 0.1) is 6.92 Å². The lowest BCUT2D eigenvalue weighted by Crippen LogP contribution is -2.45. The highest BCUT2D eigenvalue weighted by Crippen LogP contribution is 2.34. The Hall–Kier alpha value is -1.40. The van der Waals surface area contributed by atoms with Crippen LogP contribution in [-0.4, -0.2) is 29.2 Å². The van der Waals surface area contributed by atoms with Crippen molar-refractivity contribution in [1.82, 2.24) is 14.7 Å². The van der Waals surface area contributed by atoms with Crippen molar-refractivity contribution in [2.75, 3.05) is 0 Å². The number of pyridine rings is 1. The third-order valence-corrected chi connectivity index (χ3v) is 7.19. The third-order valence-electron chi connectivity index (χ3n) is 4.93. The number of nitrogens with zero attached hydrogens (tertiary/aromatic N) is 1. The van der Waals surface area contributed by atoms with Gasteiger partial charge in [0.1, 0.15) is 0 Å². The first-order valence-corrected chi connectivity index (χ1v) is 10.1. The molecule has 2 heterocycles. The summed E-state index contributed by atoms with van der Waals surface area (Å²) in [6, 6.07) is 6.28. The Bertz CT molecular complexity index is 826. The van der Waals surface area contributed by atoms with Gasteiger partial charge in [0.25, 0.3) is 0 Å². The zero-order valence-electron chi connectivity index (χ0n) is 14.9. The summed E-state index contributed by atoms with van der Waals surface area (Å²) in [5.41, 5.74) is 4.33. The quantitative estimate of drug-likeness (QED) is 0.889. The minimum atomic E-state index is -3.27. The summed E-state index contributed by atoms with van der Waals surface area (Å²) in [6.45, 7) is 7.21. The van der Waals surface area contributed by atoms with Crippen molar-refractivity contribution in [3.8, 4) is 0 Å². The van der Waals surface area contributed by atoms with E-state index in [9.17, 15) is 8.42 Å². The van der Waals surface area contributed by atoms with Gasteiger partial charge in [0.15, 0.2) is 0 Å². The molecule has 0 aliphatic heterocycles. The molecule has 24 heavy (non-hydrogen) atoms. The van der Waals surface area contributed by atoms with E-state index in [0.29, 0.717) is 5.92 Å². The van der Waals surface area contributed by atoms with Crippen LogP contribution in [0.5, 0.6) is 0 Å². The molecule has 6 heteroatoms. The van der Waals surface area contributed by atoms with E-state index in [4.69, 9.17) is 0 Å². The second-order valence-electron chi connectivity index (χ2n) is 7.89. The Kier molecular flexibility index (Phi) is 4.47. The molecule has 0 radical (unpaired) electrons. The molecule has 132 valence electrons. The number of nitrogens with one attached hydrogen (secondary N) is 2. The predicted molar refractivity (Wildman–Crippen MR) is 97.6 cm³/mol. The molecule has 1 saturated carbocycles. The smallest absolute Gasteiger partial charge is 0.216 e. The normalized spacial score (nSPS) is 22.8. The Morgan fingerprint density at radius 1 is 1.17 bits per heavy atom. The van der Waals surface area contributed by atoms with Crippen LogP contribution in [0.4, 0.5) is 0 Å². The largest absolute Gasteiger partial charge is 0.357 e. The van der Waals surface area contributed by atoms with Crippen molar-refractivity contribution in [2.45, 2.75) is 70.1 Å². The number of hydrogen-bond donors (Lipinski definition) is 2. The molecule has 1 aliphatic rings. The zero-order chi connectivity index (χ0) is 17.5. The number of rotatable bonds is 3. The van der Waals surface area contributed by atoms with Crippen LogP contribution in [0.1, 0.15) is 63.8 Å². The van der Waals surface area contributed by atoms with Crippen molar-refractivity contribution < 1.29 is 8.42 Å². The van der Waals surface area contributed by atoms with Gasteiger partial charge in [-0.25, -0.2) is 13.1 Å². The molecule has 0 saturated heterocycles. The van der Waals surface area contributed by atoms with Gasteiger partial charge >= 0.3 is 0 Å². The number of aromatic nitrogens is 2. The molecule has 2 aromatic heterocycles. The maximum atomic E-state index is 12.3. The lowest BCUT2D eigenvalue weighted by molar-refractivity contribution is 0.368. The van der Waals surface area contributed by atoms with Gasteiger partial charge < -0.3 is 4.98 Å². The van der Waals surface area contributed by atoms with Crippen molar-refractivity contribution in [3.05, 3.63) is 29.6 Å². The van der Waals surface area contributed by atoms with E-state index < -0.39 is 14.8 Å². The average molecular weight is 350 g/mol. The molecule has 0 atom stereocenters. The molecular formula is C18H27N3O2S. The van der Waals surface area contributed by atoms with E-state index in [1.165, 1.54) is 5.69 Å². The Morgan fingerprint density at radius 3 is 2.46 bits per heavy atom. The lowest BCUT2D eigenvalue weighted by Gasteiger charge is -2.31. The van der Waals surface area contributed by atoms with Gasteiger partial charge in [0.2, 0.25) is 10.0 Å². The Morgan fingerprint density at radius 2 is 1.83 bits per heavy atom. The summed E-state index contributed by atoms with van der Waals surface area (Å²) in [7, 11) is -3.27. The van der Waals surface area contributed by atoms with Crippen LogP contribution >= 0.6 is 0 Å². The Balaban J connectivity index is 1.66. The molecule has 0 unspecified atom stereocenters. The summed E-state index contributed by atoms with van der Waals surface area (Å²) in [4.78, 5) is 8.04. The van der Waals surface area contributed by atoms with Crippen LogP contribution < -0.4 is 4.72 Å². The number of aryl methyl sites for hydroxylation is 1. The zero-order valence-corrected chi connectivity index (χ0v) is 15.7. The highest BCUT2D eigenvalue weighted by atomic mass is 32.2. The first-order chi connectivity index (χ1) is 11.2. The molecule has 2 N–H and O–H groups in total. The molecule has 3 rings (SSSR count). The summed E-state index contributed by atoms with van der Waals surface area (Å²) >= 11 is 0. The van der Waals surface area contributed by atoms with Crippen molar-refractivity contribution >= 4 is 21.1 Å². The first kappa shape index (κ1) is 17.4. The highest BCUT2D eigenvalue weighted by Gasteiger charge is 2.33. The lowest BCUT2D eigenvalue weighted by atomic mass is 9.84. The van der Waals surface area contributed by atoms with Crippen LogP contribution in [0.25, 0.3) is 11.0 Å². The topological polar surface area (TPSA) is 74.8 Å². The molecule has 1 aliphatic carbocycles. The third kappa shape index (κ3) is 3.49. The number of H-pyrrole nitrogens is 1. The standard InChI is InChI=1S/C18H27N3O2S/c1-12-5-10-15-17(19-12)11-16(20-15)13-6-8-14(9-7-13)21-24(22,23)18(2,3)4/h5,10-11,13-14,20-21H,6-9H2,1-4H3/t13-,14-. The highest BCUT2D eigenvalue weighted by molar-refractivity contribution is 7.90. The van der Waals surface area contributed by atoms with E-state index in [-0.39, 0.29) is 6.04 Å². The van der Waals surface area contributed by atoms with Gasteiger partial charge in [0.05, 0.1) is 15.8 Å². The summed E-state index contributed by atoms with van der Waals surface area (Å²) in [6.07, 6.45) is 3.73. The van der Waals surface area contributed by atoms with Gasteiger partial charge in [-0.3, -0.25) is 4.98 Å². The number of fused-ring (bicyclic) bond motifs is 1. The summed E-state index contributed by atoms with van der Waals surface area (Å²) in [5.74, 6) is 0.454. The molecule has 0 bridgehead atoms. The average Bonchev–Trinajstić information content (AvgIpc) is 2.89. The molecule has 1 fully saturated rings. The molecule has 2 aromatic rings. The van der Waals surface area contributed by atoms with Crippen LogP contribution in [0.15, 0.2) is 18.2 Å². The van der Waals surface area contributed by atoms with Crippen LogP contribution in [-0.2, 0) is 10.0 Å². The molecule has 0 amide bonds. The van der Waals surface area contributed by atoms with E-state index in [1.54, 1.807) is 20.8 Å². The van der Waals surface area contributed by atoms with Gasteiger partial charge in [-0.15, -0.1) is 0 Å². The van der Waals surface area contributed by atoms with E-state index in [1.807, 2.05) is 13.0 Å². The molecular weight excluding hydrogens is 322 g/mol. The van der Waals surface area contributed by atoms with E-state index >= 15 is 0 Å². The molecule has 0 spiro atoms. The van der Waals surface area contributed by atoms with E-state index in [2.05, 4.69) is 26.8 Å². The fourth-order valence-corrected chi connectivity index (χ4v) is 4.30. The first-order valence-electron chi connectivity index (χ1n) is 8.64. The second-order valence-corrected chi connectivity index (χ2v) is 10.4. The van der Waals surface area contributed by atoms with Crippen molar-refractivity contribution in [1.29, 1.82) is 0 Å². The second kappa shape index (κ2) is 6.15. The maximum absolute atomic E-state index is 12.3. The van der Waals surface area contributed by atoms with Crippen LogP contribution in [0.2, 0.25) is 0 Å². The Labute approximate surface area is 144 Å². The van der Waals surface area contributed by atoms with Crippen LogP contribution in [0.3, 0.4) is 0 Å². The SMILES string of the molecule is Cc1ccc2[nH]c([C@H]3CC[C@H](NS(=O)(=O)C(C)(C)C)CC3)cc2n1. The predicted octanol–water partition coefficient (Wildman–Crippen LogP) is 3.62. The van der Waals surface area contributed by atoms with Gasteiger partial charge in [-0.1, -0.05) is 0 Å². The van der Waals surface area contributed by atoms with Gasteiger partial charge in [0, 0.05) is 17.4 Å². The maximum Gasteiger partial charge on any atom is 0.216 e. The van der Waals surface area contributed by atoms with Crippen molar-refractivity contribution in [3.63, 3.8) is 0 Å². The minimum absolute atomic E-state index is 0.0511. The molecule has 5 nitrogen and oxygen atoms in total. The van der Waals surface area contributed by atoms with Gasteiger partial charge in [-0.2, -0.15) is 0 Å². The molecule has 0 aromatic carbocycles.